The normalized spacial score (nSPS) is 10.3. The van der Waals surface area contributed by atoms with E-state index in [1.54, 1.807) is 36.4 Å². The second kappa shape index (κ2) is 8.17. The molecule has 116 valence electrons. The van der Waals surface area contributed by atoms with Gasteiger partial charge in [0, 0.05) is 5.56 Å². The molecule has 0 spiro atoms. The third-order valence-corrected chi connectivity index (χ3v) is 3.26. The van der Waals surface area contributed by atoms with Gasteiger partial charge in [-0.2, -0.15) is 0 Å². The molecule has 0 fully saturated rings. The van der Waals surface area contributed by atoms with Gasteiger partial charge in [0.25, 0.3) is 5.91 Å². The van der Waals surface area contributed by atoms with Crippen molar-refractivity contribution in [3.63, 3.8) is 0 Å². The highest BCUT2D eigenvalue weighted by atomic mass is 19.1. The number of hydrogen-bond donors (Lipinski definition) is 1. The van der Waals surface area contributed by atoms with Gasteiger partial charge in [-0.1, -0.05) is 31.9 Å². The number of carbonyl (C=O) groups is 1. The number of para-hydroxylation sites is 1. The molecule has 2 aromatic carbocycles. The largest absolute Gasteiger partial charge is 0.494 e. The molecular weight excluding hydrogens is 281 g/mol. The number of amides is 1. The zero-order chi connectivity index (χ0) is 15.8. The molecule has 0 aliphatic carbocycles. The van der Waals surface area contributed by atoms with Crippen LogP contribution in [0.25, 0.3) is 0 Å². The Labute approximate surface area is 130 Å². The van der Waals surface area contributed by atoms with E-state index in [-0.39, 0.29) is 11.6 Å². The van der Waals surface area contributed by atoms with E-state index in [1.165, 1.54) is 12.1 Å². The zero-order valence-electron chi connectivity index (χ0n) is 12.6. The lowest BCUT2D eigenvalue weighted by Crippen LogP contribution is -2.12. The standard InChI is InChI=1S/C18H20FNO2/c1-2-3-6-13-22-15-11-9-14(10-12-15)18(21)20-17-8-5-4-7-16(17)19/h4-5,7-12H,2-3,6,13H2,1H3,(H,20,21). The average Bonchev–Trinajstić information content (AvgIpc) is 2.54. The molecule has 0 aromatic heterocycles. The van der Waals surface area contributed by atoms with Crippen molar-refractivity contribution in [2.45, 2.75) is 26.2 Å². The summed E-state index contributed by atoms with van der Waals surface area (Å²) in [7, 11) is 0. The quantitative estimate of drug-likeness (QED) is 0.756. The number of benzene rings is 2. The number of rotatable bonds is 7. The molecule has 0 unspecified atom stereocenters. The lowest BCUT2D eigenvalue weighted by molar-refractivity contribution is 0.102. The number of hydrogen-bond acceptors (Lipinski definition) is 2. The van der Waals surface area contributed by atoms with Crippen LogP contribution in [0.15, 0.2) is 48.5 Å². The molecule has 3 nitrogen and oxygen atoms in total. The van der Waals surface area contributed by atoms with E-state index in [4.69, 9.17) is 4.74 Å². The van der Waals surface area contributed by atoms with Crippen molar-refractivity contribution in [3.8, 4) is 5.75 Å². The maximum absolute atomic E-state index is 13.5. The van der Waals surface area contributed by atoms with Crippen molar-refractivity contribution < 1.29 is 13.9 Å². The summed E-state index contributed by atoms with van der Waals surface area (Å²) in [5, 5.41) is 2.55. The highest BCUT2D eigenvalue weighted by molar-refractivity contribution is 6.04. The predicted molar refractivity (Wildman–Crippen MR) is 85.8 cm³/mol. The monoisotopic (exact) mass is 301 g/mol. The second-order valence-electron chi connectivity index (χ2n) is 5.01. The maximum Gasteiger partial charge on any atom is 0.255 e. The summed E-state index contributed by atoms with van der Waals surface area (Å²) in [6.45, 7) is 2.82. The Morgan fingerprint density at radius 2 is 1.82 bits per heavy atom. The predicted octanol–water partition coefficient (Wildman–Crippen LogP) is 4.65. The van der Waals surface area contributed by atoms with Crippen LogP contribution in [-0.4, -0.2) is 12.5 Å². The Balaban J connectivity index is 1.92. The lowest BCUT2D eigenvalue weighted by Gasteiger charge is -2.08. The van der Waals surface area contributed by atoms with E-state index >= 15 is 0 Å². The number of carbonyl (C=O) groups excluding carboxylic acids is 1. The number of unbranched alkanes of at least 4 members (excludes halogenated alkanes) is 2. The van der Waals surface area contributed by atoms with Crippen LogP contribution in [0.3, 0.4) is 0 Å². The summed E-state index contributed by atoms with van der Waals surface area (Å²) < 4.78 is 19.1. The maximum atomic E-state index is 13.5. The fraction of sp³-hybridized carbons (Fsp3) is 0.278. The second-order valence-corrected chi connectivity index (χ2v) is 5.01. The molecule has 0 aliphatic rings. The summed E-state index contributed by atoms with van der Waals surface area (Å²) in [5.74, 6) is -0.0621. The van der Waals surface area contributed by atoms with Crippen molar-refractivity contribution in [2.75, 3.05) is 11.9 Å². The van der Waals surface area contributed by atoms with Crippen LogP contribution in [0, 0.1) is 5.82 Å². The van der Waals surface area contributed by atoms with Gasteiger partial charge in [0.05, 0.1) is 12.3 Å². The number of anilines is 1. The van der Waals surface area contributed by atoms with E-state index in [9.17, 15) is 9.18 Å². The molecule has 0 heterocycles. The van der Waals surface area contributed by atoms with Crippen molar-refractivity contribution >= 4 is 11.6 Å². The minimum Gasteiger partial charge on any atom is -0.494 e. The van der Waals surface area contributed by atoms with Gasteiger partial charge in [-0.15, -0.1) is 0 Å². The Bertz CT molecular complexity index is 611. The smallest absolute Gasteiger partial charge is 0.255 e. The highest BCUT2D eigenvalue weighted by Crippen LogP contribution is 2.16. The molecule has 0 atom stereocenters. The molecule has 2 rings (SSSR count). The van der Waals surface area contributed by atoms with Gasteiger partial charge in [0.2, 0.25) is 0 Å². The van der Waals surface area contributed by atoms with Crippen LogP contribution in [-0.2, 0) is 0 Å². The van der Waals surface area contributed by atoms with Crippen LogP contribution in [0.2, 0.25) is 0 Å². The number of ether oxygens (including phenoxy) is 1. The third kappa shape index (κ3) is 4.58. The molecule has 0 saturated heterocycles. The van der Waals surface area contributed by atoms with E-state index in [0.29, 0.717) is 12.2 Å². The Morgan fingerprint density at radius 3 is 2.50 bits per heavy atom. The van der Waals surface area contributed by atoms with Crippen LogP contribution in [0.5, 0.6) is 5.75 Å². The van der Waals surface area contributed by atoms with Crippen molar-refractivity contribution in [1.29, 1.82) is 0 Å². The minimum absolute atomic E-state index is 0.174. The summed E-state index contributed by atoms with van der Waals surface area (Å²) in [5.41, 5.74) is 0.636. The van der Waals surface area contributed by atoms with Gasteiger partial charge in [-0.25, -0.2) is 4.39 Å². The average molecular weight is 301 g/mol. The Morgan fingerprint density at radius 1 is 1.09 bits per heavy atom. The third-order valence-electron chi connectivity index (χ3n) is 3.26. The molecule has 0 bridgehead atoms. The first-order chi connectivity index (χ1) is 10.7. The van der Waals surface area contributed by atoms with Crippen molar-refractivity contribution in [1.82, 2.24) is 0 Å². The fourth-order valence-electron chi connectivity index (χ4n) is 2.00. The van der Waals surface area contributed by atoms with Crippen molar-refractivity contribution in [3.05, 3.63) is 59.9 Å². The van der Waals surface area contributed by atoms with Gasteiger partial charge in [0.1, 0.15) is 11.6 Å². The van der Waals surface area contributed by atoms with Gasteiger partial charge >= 0.3 is 0 Å². The molecule has 1 amide bonds. The first-order valence-corrected chi connectivity index (χ1v) is 7.49. The molecule has 4 heteroatoms. The Kier molecular flexibility index (Phi) is 5.95. The molecular formula is C18H20FNO2. The lowest BCUT2D eigenvalue weighted by atomic mass is 10.2. The topological polar surface area (TPSA) is 38.3 Å². The minimum atomic E-state index is -0.452. The number of nitrogens with one attached hydrogen (secondary N) is 1. The summed E-state index contributed by atoms with van der Waals surface area (Å²) in [6, 6.07) is 12.9. The first-order valence-electron chi connectivity index (χ1n) is 7.49. The molecule has 0 radical (unpaired) electrons. The van der Waals surface area contributed by atoms with Crippen LogP contribution < -0.4 is 10.1 Å². The molecule has 2 aromatic rings. The van der Waals surface area contributed by atoms with Crippen LogP contribution in [0.4, 0.5) is 10.1 Å². The van der Waals surface area contributed by atoms with Gasteiger partial charge < -0.3 is 10.1 Å². The van der Waals surface area contributed by atoms with E-state index < -0.39 is 5.82 Å². The molecule has 22 heavy (non-hydrogen) atoms. The van der Waals surface area contributed by atoms with Gasteiger partial charge in [0.15, 0.2) is 0 Å². The van der Waals surface area contributed by atoms with Crippen LogP contribution in [0.1, 0.15) is 36.5 Å². The van der Waals surface area contributed by atoms with Crippen LogP contribution >= 0.6 is 0 Å². The van der Waals surface area contributed by atoms with Crippen molar-refractivity contribution in [2.24, 2.45) is 0 Å². The molecule has 0 saturated carbocycles. The summed E-state index contributed by atoms with van der Waals surface area (Å²) >= 11 is 0. The fourth-order valence-corrected chi connectivity index (χ4v) is 2.00. The van der Waals surface area contributed by atoms with E-state index in [0.717, 1.165) is 25.0 Å². The van der Waals surface area contributed by atoms with Gasteiger partial charge in [-0.3, -0.25) is 4.79 Å². The number of halogens is 1. The van der Waals surface area contributed by atoms with E-state index in [2.05, 4.69) is 12.2 Å². The van der Waals surface area contributed by atoms with E-state index in [1.807, 2.05) is 0 Å². The summed E-state index contributed by atoms with van der Waals surface area (Å²) in [4.78, 5) is 12.1. The van der Waals surface area contributed by atoms with Gasteiger partial charge in [-0.05, 0) is 42.8 Å². The molecule has 0 aliphatic heterocycles. The summed E-state index contributed by atoms with van der Waals surface area (Å²) in [6.07, 6.45) is 3.31. The zero-order valence-corrected chi connectivity index (χ0v) is 12.6. The highest BCUT2D eigenvalue weighted by Gasteiger charge is 2.08. The Hall–Kier alpha value is -2.36. The SMILES string of the molecule is CCCCCOc1ccc(C(=O)Nc2ccccc2F)cc1. The molecule has 1 N–H and O–H groups in total. The first kappa shape index (κ1) is 16.0.